The summed E-state index contributed by atoms with van der Waals surface area (Å²) in [6, 6.07) is 7.63. The Labute approximate surface area is 124 Å². The summed E-state index contributed by atoms with van der Waals surface area (Å²) in [7, 11) is 0. The van der Waals surface area contributed by atoms with Crippen molar-refractivity contribution in [1.82, 2.24) is 10.2 Å². The lowest BCUT2D eigenvalue weighted by Crippen LogP contribution is -2.48. The minimum Gasteiger partial charge on any atom is -0.395 e. The quantitative estimate of drug-likeness (QED) is 0.892. The third-order valence-electron chi connectivity index (χ3n) is 3.68. The number of aliphatic hydroxyl groups excluding tert-OH is 1. The molecule has 0 spiro atoms. The van der Waals surface area contributed by atoms with E-state index in [1.165, 1.54) is 0 Å². The van der Waals surface area contributed by atoms with Crippen molar-refractivity contribution in [3.05, 3.63) is 34.9 Å². The average molecular weight is 297 g/mol. The Morgan fingerprint density at radius 2 is 2.10 bits per heavy atom. The van der Waals surface area contributed by atoms with Crippen LogP contribution in [0.2, 0.25) is 5.02 Å². The summed E-state index contributed by atoms with van der Waals surface area (Å²) in [5.41, 5.74) is 0.573. The molecule has 1 saturated heterocycles. The van der Waals surface area contributed by atoms with Crippen molar-refractivity contribution in [1.29, 1.82) is 0 Å². The summed E-state index contributed by atoms with van der Waals surface area (Å²) in [6.07, 6.45) is 1.81. The van der Waals surface area contributed by atoms with Crippen molar-refractivity contribution in [2.75, 3.05) is 19.7 Å². The fraction of sp³-hybridized carbons (Fsp3) is 0.533. The lowest BCUT2D eigenvalue weighted by Gasteiger charge is -2.33. The van der Waals surface area contributed by atoms with E-state index in [9.17, 15) is 4.79 Å². The Morgan fingerprint density at radius 1 is 1.45 bits per heavy atom. The molecule has 0 saturated carbocycles. The maximum Gasteiger partial charge on any atom is 0.255 e. The molecule has 5 heteroatoms. The van der Waals surface area contributed by atoms with Gasteiger partial charge in [-0.25, -0.2) is 0 Å². The van der Waals surface area contributed by atoms with E-state index in [-0.39, 0.29) is 18.6 Å². The molecule has 4 nitrogen and oxygen atoms in total. The Morgan fingerprint density at radius 3 is 2.70 bits per heavy atom. The zero-order chi connectivity index (χ0) is 14.5. The Balaban J connectivity index is 1.91. The van der Waals surface area contributed by atoms with Crippen molar-refractivity contribution < 1.29 is 9.90 Å². The van der Waals surface area contributed by atoms with E-state index in [2.05, 4.69) is 5.32 Å². The molecular weight excluding hydrogens is 276 g/mol. The normalized spacial score (nSPS) is 18.1. The van der Waals surface area contributed by atoms with Crippen LogP contribution in [0.3, 0.4) is 0 Å². The van der Waals surface area contributed by atoms with Gasteiger partial charge in [0, 0.05) is 25.2 Å². The minimum atomic E-state index is 0.00394. The first-order valence-electron chi connectivity index (χ1n) is 7.02. The number of hydrogen-bond donors (Lipinski definition) is 2. The van der Waals surface area contributed by atoms with E-state index in [0.29, 0.717) is 16.6 Å². The van der Waals surface area contributed by atoms with Crippen molar-refractivity contribution in [3.8, 4) is 0 Å². The molecule has 1 aromatic carbocycles. The van der Waals surface area contributed by atoms with E-state index in [4.69, 9.17) is 16.7 Å². The van der Waals surface area contributed by atoms with Crippen LogP contribution in [0.25, 0.3) is 0 Å². The fourth-order valence-corrected chi connectivity index (χ4v) is 2.73. The Bertz CT molecular complexity index is 459. The van der Waals surface area contributed by atoms with E-state index >= 15 is 0 Å². The number of carbonyl (C=O) groups excluding carboxylic acids is 1. The molecule has 0 radical (unpaired) electrons. The summed E-state index contributed by atoms with van der Waals surface area (Å²) in [5.74, 6) is 0.00394. The van der Waals surface area contributed by atoms with Gasteiger partial charge in [0.1, 0.15) is 0 Å². The molecule has 1 atom stereocenters. The molecule has 1 aliphatic rings. The highest BCUT2D eigenvalue weighted by Gasteiger charge is 2.25. The Hall–Kier alpha value is -1.10. The van der Waals surface area contributed by atoms with E-state index in [1.807, 2.05) is 24.0 Å². The third-order valence-corrected chi connectivity index (χ3v) is 4.01. The topological polar surface area (TPSA) is 52.6 Å². The van der Waals surface area contributed by atoms with E-state index in [1.54, 1.807) is 12.1 Å². The predicted molar refractivity (Wildman–Crippen MR) is 80.1 cm³/mol. The number of likely N-dealkylation sites (tertiary alicyclic amines) is 1. The monoisotopic (exact) mass is 296 g/mol. The van der Waals surface area contributed by atoms with Crippen molar-refractivity contribution in [2.45, 2.75) is 31.8 Å². The molecule has 1 aliphatic heterocycles. The highest BCUT2D eigenvalue weighted by atomic mass is 35.5. The molecule has 0 bridgehead atoms. The second kappa shape index (κ2) is 7.07. The second-order valence-electron chi connectivity index (χ2n) is 5.30. The van der Waals surface area contributed by atoms with Crippen LogP contribution in [0.4, 0.5) is 0 Å². The van der Waals surface area contributed by atoms with Gasteiger partial charge in [-0.05, 0) is 31.9 Å². The van der Waals surface area contributed by atoms with Crippen molar-refractivity contribution in [2.24, 2.45) is 0 Å². The molecule has 2 N–H and O–H groups in total. The van der Waals surface area contributed by atoms with Gasteiger partial charge in [0.15, 0.2) is 0 Å². The van der Waals surface area contributed by atoms with Crippen LogP contribution < -0.4 is 5.32 Å². The number of halogens is 1. The number of piperidine rings is 1. The first kappa shape index (κ1) is 15.3. The SMILES string of the molecule is C[C@H](CO)NC1CCN(C(=O)c2ccccc2Cl)CC1. The zero-order valence-electron chi connectivity index (χ0n) is 11.7. The second-order valence-corrected chi connectivity index (χ2v) is 5.70. The molecule has 1 fully saturated rings. The van der Waals surface area contributed by atoms with Gasteiger partial charge in [-0.3, -0.25) is 4.79 Å². The molecule has 110 valence electrons. The van der Waals surface area contributed by atoms with Crippen LogP contribution in [0.5, 0.6) is 0 Å². The number of nitrogens with zero attached hydrogens (tertiary/aromatic N) is 1. The first-order chi connectivity index (χ1) is 9.61. The van der Waals surface area contributed by atoms with Crippen LogP contribution in [0.1, 0.15) is 30.1 Å². The molecular formula is C15H21ClN2O2. The number of amides is 1. The smallest absolute Gasteiger partial charge is 0.255 e. The zero-order valence-corrected chi connectivity index (χ0v) is 12.4. The highest BCUT2D eigenvalue weighted by molar-refractivity contribution is 6.33. The van der Waals surface area contributed by atoms with E-state index < -0.39 is 0 Å². The Kier molecular flexibility index (Phi) is 5.40. The van der Waals surface area contributed by atoms with Gasteiger partial charge >= 0.3 is 0 Å². The molecule has 1 amide bonds. The molecule has 1 aromatic rings. The molecule has 0 aliphatic carbocycles. The molecule has 2 rings (SSSR count). The molecule has 1 heterocycles. The van der Waals surface area contributed by atoms with Crippen LogP contribution in [0.15, 0.2) is 24.3 Å². The summed E-state index contributed by atoms with van der Waals surface area (Å²) in [4.78, 5) is 14.2. The molecule has 0 unspecified atom stereocenters. The predicted octanol–water partition coefficient (Wildman–Crippen LogP) is 1.92. The number of hydrogen-bond acceptors (Lipinski definition) is 3. The van der Waals surface area contributed by atoms with Gasteiger partial charge in [0.2, 0.25) is 0 Å². The molecule has 20 heavy (non-hydrogen) atoms. The first-order valence-corrected chi connectivity index (χ1v) is 7.40. The number of nitrogens with one attached hydrogen (secondary N) is 1. The number of carbonyl (C=O) groups is 1. The van der Waals surface area contributed by atoms with Crippen LogP contribution in [-0.2, 0) is 0 Å². The maximum absolute atomic E-state index is 12.4. The number of aliphatic hydroxyl groups is 1. The summed E-state index contributed by atoms with van der Waals surface area (Å²) < 4.78 is 0. The lowest BCUT2D eigenvalue weighted by atomic mass is 10.0. The van der Waals surface area contributed by atoms with Gasteiger partial charge in [-0.1, -0.05) is 23.7 Å². The summed E-state index contributed by atoms with van der Waals surface area (Å²) in [5, 5.41) is 12.9. The maximum atomic E-state index is 12.4. The van der Waals surface area contributed by atoms with Gasteiger partial charge in [-0.15, -0.1) is 0 Å². The van der Waals surface area contributed by atoms with Gasteiger partial charge in [0.05, 0.1) is 17.2 Å². The van der Waals surface area contributed by atoms with Crippen molar-refractivity contribution >= 4 is 17.5 Å². The molecule has 0 aromatic heterocycles. The van der Waals surface area contributed by atoms with Gasteiger partial charge < -0.3 is 15.3 Å². The number of rotatable bonds is 4. The average Bonchev–Trinajstić information content (AvgIpc) is 2.47. The van der Waals surface area contributed by atoms with Gasteiger partial charge in [-0.2, -0.15) is 0 Å². The van der Waals surface area contributed by atoms with Crippen LogP contribution >= 0.6 is 11.6 Å². The third kappa shape index (κ3) is 3.72. The number of benzene rings is 1. The summed E-state index contributed by atoms with van der Waals surface area (Å²) >= 11 is 6.07. The summed E-state index contributed by atoms with van der Waals surface area (Å²) in [6.45, 7) is 3.54. The lowest BCUT2D eigenvalue weighted by molar-refractivity contribution is 0.0698. The largest absolute Gasteiger partial charge is 0.395 e. The van der Waals surface area contributed by atoms with E-state index in [0.717, 1.165) is 25.9 Å². The fourth-order valence-electron chi connectivity index (χ4n) is 2.51. The van der Waals surface area contributed by atoms with Gasteiger partial charge in [0.25, 0.3) is 5.91 Å². The highest BCUT2D eigenvalue weighted by Crippen LogP contribution is 2.20. The van der Waals surface area contributed by atoms with Crippen molar-refractivity contribution in [3.63, 3.8) is 0 Å². The van der Waals surface area contributed by atoms with Crippen LogP contribution in [0, 0.1) is 0 Å². The van der Waals surface area contributed by atoms with Crippen LogP contribution in [-0.4, -0.2) is 47.7 Å². The minimum absolute atomic E-state index is 0.00394. The standard InChI is InChI=1S/C15H21ClN2O2/c1-11(10-19)17-12-6-8-18(9-7-12)15(20)13-4-2-3-5-14(13)16/h2-5,11-12,17,19H,6-10H2,1H3/t11-/m1/s1.